The lowest BCUT2D eigenvalue weighted by Crippen LogP contribution is -2.63. The molecule has 0 bridgehead atoms. The number of fused-ring (bicyclic) bond motifs is 1. The van der Waals surface area contributed by atoms with E-state index in [0.717, 1.165) is 51.4 Å². The first-order valence-corrected chi connectivity index (χ1v) is 7.80. The Morgan fingerprint density at radius 2 is 1.53 bits per heavy atom. The Kier molecular flexibility index (Phi) is 3.50. The number of hydrogen-bond donors (Lipinski definition) is 0. The molecule has 2 unspecified atom stereocenters. The Bertz CT molecular complexity index is 376. The fourth-order valence-corrected chi connectivity index (χ4v) is 4.12. The standard InChI is InChI=1S/C15H24N2O2/c1-16-13-10-6-5-9-12(13)14(18)17(15(16)19)11-7-3-2-4-8-11/h11-13H,2-10H2,1H3. The molecule has 0 aromatic rings. The van der Waals surface area contributed by atoms with E-state index < -0.39 is 0 Å². The van der Waals surface area contributed by atoms with Crippen LogP contribution in [-0.4, -0.2) is 40.9 Å². The number of carbonyl (C=O) groups is 2. The molecule has 19 heavy (non-hydrogen) atoms. The van der Waals surface area contributed by atoms with Crippen molar-refractivity contribution in [3.63, 3.8) is 0 Å². The monoisotopic (exact) mass is 264 g/mol. The minimum Gasteiger partial charge on any atom is -0.324 e. The second-order valence-corrected chi connectivity index (χ2v) is 6.35. The summed E-state index contributed by atoms with van der Waals surface area (Å²) in [6, 6.07) is 0.285. The summed E-state index contributed by atoms with van der Waals surface area (Å²) in [7, 11) is 1.88. The predicted molar refractivity (Wildman–Crippen MR) is 72.6 cm³/mol. The Labute approximate surface area is 115 Å². The van der Waals surface area contributed by atoms with Crippen molar-refractivity contribution < 1.29 is 9.59 Å². The van der Waals surface area contributed by atoms with Gasteiger partial charge < -0.3 is 4.90 Å². The number of imide groups is 1. The number of amides is 3. The first-order valence-electron chi connectivity index (χ1n) is 7.80. The van der Waals surface area contributed by atoms with Crippen LogP contribution in [0.5, 0.6) is 0 Å². The highest BCUT2D eigenvalue weighted by Crippen LogP contribution is 2.36. The maximum absolute atomic E-state index is 12.7. The van der Waals surface area contributed by atoms with Gasteiger partial charge in [0.05, 0.1) is 5.92 Å². The highest BCUT2D eigenvalue weighted by Gasteiger charge is 2.47. The van der Waals surface area contributed by atoms with Gasteiger partial charge in [-0.25, -0.2) is 4.79 Å². The highest BCUT2D eigenvalue weighted by molar-refractivity contribution is 5.99. The SMILES string of the molecule is CN1C(=O)N(C2CCCCC2)C(=O)C2CCCCC21. The van der Waals surface area contributed by atoms with Gasteiger partial charge in [0.15, 0.2) is 0 Å². The van der Waals surface area contributed by atoms with Crippen molar-refractivity contribution in [2.45, 2.75) is 69.9 Å². The molecule has 3 aliphatic rings. The third-order valence-electron chi connectivity index (χ3n) is 5.23. The van der Waals surface area contributed by atoms with Crippen molar-refractivity contribution in [3.8, 4) is 0 Å². The molecule has 3 amide bonds. The van der Waals surface area contributed by atoms with Gasteiger partial charge in [-0.2, -0.15) is 0 Å². The summed E-state index contributed by atoms with van der Waals surface area (Å²) in [6.45, 7) is 0. The minimum absolute atomic E-state index is 0.0416. The minimum atomic E-state index is -0.0416. The first-order chi connectivity index (χ1) is 9.20. The Hall–Kier alpha value is -1.06. The Morgan fingerprint density at radius 1 is 0.895 bits per heavy atom. The van der Waals surface area contributed by atoms with Crippen molar-refractivity contribution in [2.24, 2.45) is 5.92 Å². The topological polar surface area (TPSA) is 40.6 Å². The molecule has 1 saturated heterocycles. The maximum atomic E-state index is 12.7. The number of rotatable bonds is 1. The van der Waals surface area contributed by atoms with Gasteiger partial charge in [0.25, 0.3) is 0 Å². The summed E-state index contributed by atoms with van der Waals surface area (Å²) in [5.41, 5.74) is 0. The molecule has 0 N–H and O–H groups in total. The van der Waals surface area contributed by atoms with Crippen molar-refractivity contribution in [1.82, 2.24) is 9.80 Å². The van der Waals surface area contributed by atoms with Crippen LogP contribution < -0.4 is 0 Å². The fraction of sp³-hybridized carbons (Fsp3) is 0.867. The van der Waals surface area contributed by atoms with Crippen molar-refractivity contribution in [3.05, 3.63) is 0 Å². The summed E-state index contributed by atoms with van der Waals surface area (Å²) in [5, 5.41) is 0. The van der Waals surface area contributed by atoms with Gasteiger partial charge >= 0.3 is 6.03 Å². The third kappa shape index (κ3) is 2.15. The van der Waals surface area contributed by atoms with E-state index in [0.29, 0.717) is 0 Å². The van der Waals surface area contributed by atoms with Crippen molar-refractivity contribution in [1.29, 1.82) is 0 Å². The number of nitrogens with zero attached hydrogens (tertiary/aromatic N) is 2. The lowest BCUT2D eigenvalue weighted by Gasteiger charge is -2.48. The van der Waals surface area contributed by atoms with Gasteiger partial charge in [-0.15, -0.1) is 0 Å². The number of carbonyl (C=O) groups excluding carboxylic acids is 2. The summed E-state index contributed by atoms with van der Waals surface area (Å²) >= 11 is 0. The molecule has 3 rings (SSSR count). The average molecular weight is 264 g/mol. The third-order valence-corrected chi connectivity index (χ3v) is 5.23. The van der Waals surface area contributed by atoms with Gasteiger partial charge in [-0.3, -0.25) is 9.69 Å². The summed E-state index contributed by atoms with van der Waals surface area (Å²) in [6.07, 6.45) is 9.80. The molecule has 2 atom stereocenters. The smallest absolute Gasteiger partial charge is 0.324 e. The quantitative estimate of drug-likeness (QED) is 0.730. The van der Waals surface area contributed by atoms with Crippen LogP contribution in [0.3, 0.4) is 0 Å². The van der Waals surface area contributed by atoms with Crippen LogP contribution in [0.4, 0.5) is 4.79 Å². The van der Waals surface area contributed by atoms with Crippen LogP contribution in [-0.2, 0) is 4.79 Å². The van der Waals surface area contributed by atoms with Crippen molar-refractivity contribution >= 4 is 11.9 Å². The summed E-state index contributed by atoms with van der Waals surface area (Å²) in [5.74, 6) is 0.193. The molecule has 2 saturated carbocycles. The van der Waals surface area contributed by atoms with E-state index in [9.17, 15) is 9.59 Å². The van der Waals surface area contributed by atoms with Crippen LogP contribution in [0.25, 0.3) is 0 Å². The molecule has 1 aliphatic heterocycles. The van der Waals surface area contributed by atoms with E-state index in [-0.39, 0.29) is 29.9 Å². The molecular weight excluding hydrogens is 240 g/mol. The molecule has 4 heteroatoms. The molecule has 2 aliphatic carbocycles. The average Bonchev–Trinajstić information content (AvgIpc) is 2.46. The van der Waals surface area contributed by atoms with Gasteiger partial charge in [0.2, 0.25) is 5.91 Å². The van der Waals surface area contributed by atoms with Crippen LogP contribution >= 0.6 is 0 Å². The lowest BCUT2D eigenvalue weighted by molar-refractivity contribution is -0.142. The van der Waals surface area contributed by atoms with E-state index in [4.69, 9.17) is 0 Å². The molecule has 0 aromatic carbocycles. The molecule has 106 valence electrons. The van der Waals surface area contributed by atoms with E-state index in [1.165, 1.54) is 6.42 Å². The number of urea groups is 1. The van der Waals surface area contributed by atoms with Gasteiger partial charge in [-0.05, 0) is 25.7 Å². The number of hydrogen-bond acceptors (Lipinski definition) is 2. The van der Waals surface area contributed by atoms with E-state index in [1.54, 1.807) is 4.90 Å². The summed E-state index contributed by atoms with van der Waals surface area (Å²) in [4.78, 5) is 28.7. The van der Waals surface area contributed by atoms with Crippen LogP contribution in [0.1, 0.15) is 57.8 Å². The molecular formula is C15H24N2O2. The molecule has 0 radical (unpaired) electrons. The summed E-state index contributed by atoms with van der Waals surface area (Å²) < 4.78 is 0. The Balaban J connectivity index is 1.83. The molecule has 4 nitrogen and oxygen atoms in total. The van der Waals surface area contributed by atoms with Crippen molar-refractivity contribution in [2.75, 3.05) is 7.05 Å². The Morgan fingerprint density at radius 3 is 2.26 bits per heavy atom. The van der Waals surface area contributed by atoms with Crippen LogP contribution in [0, 0.1) is 5.92 Å². The molecule has 3 fully saturated rings. The van der Waals surface area contributed by atoms with E-state index in [1.807, 2.05) is 11.9 Å². The molecule has 1 heterocycles. The zero-order valence-electron chi connectivity index (χ0n) is 11.8. The maximum Gasteiger partial charge on any atom is 0.326 e. The normalized spacial score (nSPS) is 33.5. The van der Waals surface area contributed by atoms with Crippen LogP contribution in [0.2, 0.25) is 0 Å². The first kappa shape index (κ1) is 12.9. The van der Waals surface area contributed by atoms with Gasteiger partial charge in [0, 0.05) is 19.1 Å². The highest BCUT2D eigenvalue weighted by atomic mass is 16.2. The largest absolute Gasteiger partial charge is 0.326 e. The zero-order valence-corrected chi connectivity index (χ0v) is 11.8. The molecule has 0 spiro atoms. The lowest BCUT2D eigenvalue weighted by atomic mass is 9.80. The fourth-order valence-electron chi connectivity index (χ4n) is 4.12. The molecule has 0 aromatic heterocycles. The van der Waals surface area contributed by atoms with Gasteiger partial charge in [0.1, 0.15) is 0 Å². The van der Waals surface area contributed by atoms with E-state index >= 15 is 0 Å². The van der Waals surface area contributed by atoms with E-state index in [2.05, 4.69) is 0 Å². The van der Waals surface area contributed by atoms with Gasteiger partial charge in [-0.1, -0.05) is 32.1 Å². The zero-order chi connectivity index (χ0) is 13.4. The van der Waals surface area contributed by atoms with Crippen LogP contribution in [0.15, 0.2) is 0 Å². The second-order valence-electron chi connectivity index (χ2n) is 6.35. The predicted octanol–water partition coefficient (Wildman–Crippen LogP) is 2.77. The second kappa shape index (κ2) is 5.14.